The van der Waals surface area contributed by atoms with Crippen molar-refractivity contribution in [2.75, 3.05) is 18.1 Å². The standard InChI is InChI=1S/C40H46N5O7PSi/c1-28(2)51-53(48,52-29(3)4)23-22-30(25-50-54(40(5,6)7,31-16-10-8-11-17-31)32-18-12-9-13-19-32)24-49-44-27-43-35-36(44)41-26-42-37(35)45-38(46)33-20-14-15-21-34(33)39(45)47/h8-23,26-30H,24-25H2,1-7H3/b23-22+. The fraction of sp³-hybridized carbons (Fsp3) is 0.325. The monoisotopic (exact) mass is 767 g/mol. The summed E-state index contributed by atoms with van der Waals surface area (Å²) in [6.45, 7) is 14.0. The zero-order chi connectivity index (χ0) is 38.7. The first kappa shape index (κ1) is 38.9. The molecular formula is C40H46N5O7PSi. The number of amides is 2. The number of imide groups is 1. The molecule has 0 bridgehead atoms. The quantitative estimate of drug-likeness (QED) is 0.0636. The zero-order valence-electron chi connectivity index (χ0n) is 31.6. The Balaban J connectivity index is 1.35. The molecule has 0 spiro atoms. The Morgan fingerprint density at radius 1 is 0.759 bits per heavy atom. The molecule has 2 aromatic heterocycles. The molecule has 0 saturated carbocycles. The van der Waals surface area contributed by atoms with Crippen LogP contribution in [0.25, 0.3) is 11.2 Å². The van der Waals surface area contributed by atoms with E-state index in [1.807, 2.05) is 36.4 Å². The number of benzene rings is 3. The van der Waals surface area contributed by atoms with Crippen LogP contribution in [0.5, 0.6) is 0 Å². The lowest BCUT2D eigenvalue weighted by molar-refractivity contribution is 0.0811. The lowest BCUT2D eigenvalue weighted by Gasteiger charge is -2.43. The fourth-order valence-electron chi connectivity index (χ4n) is 6.68. The van der Waals surface area contributed by atoms with Gasteiger partial charge in [-0.2, -0.15) is 4.73 Å². The van der Waals surface area contributed by atoms with Crippen molar-refractivity contribution >= 4 is 55.1 Å². The molecule has 1 unspecified atom stereocenters. The number of rotatable bonds is 15. The Kier molecular flexibility index (Phi) is 11.5. The minimum atomic E-state index is -3.67. The van der Waals surface area contributed by atoms with Crippen molar-refractivity contribution in [3.05, 3.63) is 121 Å². The number of carbonyl (C=O) groups is 2. The van der Waals surface area contributed by atoms with Crippen molar-refractivity contribution in [3.63, 3.8) is 0 Å². The molecule has 1 atom stereocenters. The van der Waals surface area contributed by atoms with Crippen molar-refractivity contribution < 1.29 is 32.5 Å². The number of aromatic nitrogens is 4. The third kappa shape index (κ3) is 7.87. The molecule has 6 rings (SSSR count). The number of fused-ring (bicyclic) bond motifs is 2. The van der Waals surface area contributed by atoms with E-state index < -0.39 is 33.6 Å². The number of carbonyl (C=O) groups excluding carboxylic acids is 2. The predicted octanol–water partition coefficient (Wildman–Crippen LogP) is 6.81. The summed E-state index contributed by atoms with van der Waals surface area (Å²) < 4.78 is 34.2. The molecule has 1 aliphatic rings. The Bertz CT molecular complexity index is 2100. The lowest BCUT2D eigenvalue weighted by atomic mass is 10.1. The van der Waals surface area contributed by atoms with Gasteiger partial charge in [0.2, 0.25) is 5.65 Å². The van der Waals surface area contributed by atoms with E-state index in [1.165, 1.54) is 23.2 Å². The van der Waals surface area contributed by atoms with Crippen molar-refractivity contribution in [1.82, 2.24) is 19.7 Å². The third-order valence-electron chi connectivity index (χ3n) is 8.90. The first-order chi connectivity index (χ1) is 25.7. The number of anilines is 1. The summed E-state index contributed by atoms with van der Waals surface area (Å²) in [6.07, 6.45) is 3.74. The zero-order valence-corrected chi connectivity index (χ0v) is 33.5. The van der Waals surface area contributed by atoms with Gasteiger partial charge in [0.15, 0.2) is 11.3 Å². The smallest absolute Gasteiger partial charge is 0.354 e. The van der Waals surface area contributed by atoms with Gasteiger partial charge < -0.3 is 18.3 Å². The van der Waals surface area contributed by atoms with Crippen LogP contribution in [-0.2, 0) is 18.0 Å². The highest BCUT2D eigenvalue weighted by atomic mass is 31.2. The molecule has 1 aliphatic heterocycles. The summed E-state index contributed by atoms with van der Waals surface area (Å²) in [5, 5.41) is 1.93. The van der Waals surface area contributed by atoms with E-state index in [0.29, 0.717) is 11.1 Å². The van der Waals surface area contributed by atoms with Gasteiger partial charge in [-0.05, 0) is 55.2 Å². The van der Waals surface area contributed by atoms with Gasteiger partial charge in [0.1, 0.15) is 19.3 Å². The van der Waals surface area contributed by atoms with Gasteiger partial charge in [-0.25, -0.2) is 19.9 Å². The van der Waals surface area contributed by atoms with Crippen molar-refractivity contribution in [3.8, 4) is 0 Å². The van der Waals surface area contributed by atoms with E-state index in [4.69, 9.17) is 18.3 Å². The van der Waals surface area contributed by atoms with E-state index in [1.54, 1.807) is 58.0 Å². The first-order valence-electron chi connectivity index (χ1n) is 17.9. The molecule has 12 nitrogen and oxygen atoms in total. The van der Waals surface area contributed by atoms with E-state index in [0.717, 1.165) is 15.3 Å². The molecule has 0 fully saturated rings. The molecule has 282 valence electrons. The number of hydrogen-bond donors (Lipinski definition) is 0. The van der Waals surface area contributed by atoms with Crippen molar-refractivity contribution in [2.24, 2.45) is 5.92 Å². The van der Waals surface area contributed by atoms with Crippen LogP contribution in [0.2, 0.25) is 5.04 Å². The molecule has 2 amide bonds. The van der Waals surface area contributed by atoms with Gasteiger partial charge in [0.05, 0.1) is 23.3 Å². The maximum atomic E-state index is 14.0. The summed E-state index contributed by atoms with van der Waals surface area (Å²) in [4.78, 5) is 47.1. The SMILES string of the molecule is CC(C)OP(=O)(/C=C/C(COn1cnc2c(N3C(=O)c4ccccc4C3=O)ncnc21)CO[Si](c1ccccc1)(c1ccccc1)C(C)(C)C)OC(C)C. The Labute approximate surface area is 316 Å². The van der Waals surface area contributed by atoms with Gasteiger partial charge in [-0.1, -0.05) is 99.6 Å². The average Bonchev–Trinajstić information content (AvgIpc) is 3.66. The lowest BCUT2D eigenvalue weighted by Crippen LogP contribution is -2.67. The van der Waals surface area contributed by atoms with Gasteiger partial charge >= 0.3 is 7.60 Å². The topological polar surface area (TPSA) is 135 Å². The van der Waals surface area contributed by atoms with Crippen molar-refractivity contribution in [2.45, 2.75) is 65.7 Å². The van der Waals surface area contributed by atoms with Gasteiger partial charge in [0.25, 0.3) is 20.1 Å². The second kappa shape index (κ2) is 15.9. The van der Waals surface area contributed by atoms with Crippen LogP contribution in [0.4, 0.5) is 5.82 Å². The number of imidazole rings is 1. The summed E-state index contributed by atoms with van der Waals surface area (Å²) >= 11 is 0. The summed E-state index contributed by atoms with van der Waals surface area (Å²) in [7, 11) is -6.64. The maximum absolute atomic E-state index is 14.0. The Hall–Kier alpha value is -4.78. The maximum Gasteiger partial charge on any atom is 0.354 e. The van der Waals surface area contributed by atoms with Crippen LogP contribution < -0.4 is 20.1 Å². The molecule has 0 N–H and O–H groups in total. The average molecular weight is 768 g/mol. The first-order valence-corrected chi connectivity index (χ1v) is 21.5. The minimum absolute atomic E-state index is 0.0376. The normalized spacial score (nSPS) is 14.5. The predicted molar refractivity (Wildman–Crippen MR) is 211 cm³/mol. The van der Waals surface area contributed by atoms with E-state index in [9.17, 15) is 14.2 Å². The Morgan fingerprint density at radius 3 is 1.81 bits per heavy atom. The van der Waals surface area contributed by atoms with Gasteiger partial charge in [0, 0.05) is 18.3 Å². The van der Waals surface area contributed by atoms with Gasteiger partial charge in [-0.3, -0.25) is 14.2 Å². The summed E-state index contributed by atoms with van der Waals surface area (Å²) in [5.74, 6) is 0.0885. The molecule has 14 heteroatoms. The summed E-state index contributed by atoms with van der Waals surface area (Å²) in [6, 6.07) is 27.2. The highest BCUT2D eigenvalue weighted by molar-refractivity contribution is 7.57. The van der Waals surface area contributed by atoms with Crippen LogP contribution in [0.1, 0.15) is 69.2 Å². The van der Waals surface area contributed by atoms with Crippen LogP contribution in [-0.4, -0.2) is 65.2 Å². The number of hydrogen-bond acceptors (Lipinski definition) is 10. The van der Waals surface area contributed by atoms with Crippen LogP contribution >= 0.6 is 7.60 Å². The molecule has 0 radical (unpaired) electrons. The highest BCUT2D eigenvalue weighted by Gasteiger charge is 2.50. The molecule has 3 heterocycles. The molecular weight excluding hydrogens is 722 g/mol. The fourth-order valence-corrected chi connectivity index (χ4v) is 13.1. The Morgan fingerprint density at radius 2 is 1.30 bits per heavy atom. The van der Waals surface area contributed by atoms with Gasteiger partial charge in [-0.15, -0.1) is 0 Å². The second-order valence-corrected chi connectivity index (χ2v) is 20.8. The van der Waals surface area contributed by atoms with Crippen LogP contribution in [0.15, 0.2) is 109 Å². The second-order valence-electron chi connectivity index (χ2n) is 14.7. The molecule has 3 aromatic carbocycles. The van der Waals surface area contributed by atoms with E-state index in [-0.39, 0.29) is 47.4 Å². The van der Waals surface area contributed by atoms with Crippen molar-refractivity contribution in [1.29, 1.82) is 0 Å². The minimum Gasteiger partial charge on any atom is -0.410 e. The molecule has 5 aromatic rings. The molecule has 0 aliphatic carbocycles. The number of nitrogens with zero attached hydrogens (tertiary/aromatic N) is 5. The molecule has 54 heavy (non-hydrogen) atoms. The third-order valence-corrected chi connectivity index (χ3v) is 15.9. The molecule has 0 saturated heterocycles. The largest absolute Gasteiger partial charge is 0.410 e. The van der Waals surface area contributed by atoms with E-state index >= 15 is 0 Å². The summed E-state index contributed by atoms with van der Waals surface area (Å²) in [5.41, 5.74) is 1.05. The van der Waals surface area contributed by atoms with Crippen LogP contribution in [0.3, 0.4) is 0 Å². The van der Waals surface area contributed by atoms with E-state index in [2.05, 4.69) is 60.0 Å². The van der Waals surface area contributed by atoms with Crippen LogP contribution in [0, 0.1) is 5.92 Å². The highest BCUT2D eigenvalue weighted by Crippen LogP contribution is 2.52.